The summed E-state index contributed by atoms with van der Waals surface area (Å²) in [4.78, 5) is 4.11. The Bertz CT molecular complexity index is 621. The van der Waals surface area contributed by atoms with Crippen LogP contribution in [-0.4, -0.2) is 36.7 Å². The summed E-state index contributed by atoms with van der Waals surface area (Å²) in [5, 5.41) is 12.3. The van der Waals surface area contributed by atoms with Crippen molar-refractivity contribution in [3.05, 3.63) is 28.3 Å². The van der Waals surface area contributed by atoms with Crippen LogP contribution < -0.4 is 10.0 Å². The van der Waals surface area contributed by atoms with Crippen molar-refractivity contribution >= 4 is 21.4 Å². The minimum Gasteiger partial charge on any atom is -0.313 e. The van der Waals surface area contributed by atoms with E-state index in [0.717, 1.165) is 11.6 Å². The van der Waals surface area contributed by atoms with E-state index in [1.54, 1.807) is 6.20 Å². The summed E-state index contributed by atoms with van der Waals surface area (Å²) in [6, 6.07) is 0. The van der Waals surface area contributed by atoms with Crippen LogP contribution in [0.3, 0.4) is 0 Å². The maximum absolute atomic E-state index is 12.2. The van der Waals surface area contributed by atoms with E-state index in [1.807, 2.05) is 12.3 Å². The van der Waals surface area contributed by atoms with Crippen LogP contribution in [0.25, 0.3) is 0 Å². The Hall–Kier alpha value is -1.29. The van der Waals surface area contributed by atoms with Crippen LogP contribution >= 0.6 is 11.3 Å². The number of nitrogens with one attached hydrogen (secondary N) is 3. The fourth-order valence-corrected chi connectivity index (χ4v) is 3.44. The molecule has 0 aliphatic carbocycles. The molecule has 0 unspecified atom stereocenters. The van der Waals surface area contributed by atoms with Gasteiger partial charge in [0, 0.05) is 36.7 Å². The van der Waals surface area contributed by atoms with Gasteiger partial charge in [0.15, 0.2) is 5.03 Å². The second-order valence-electron chi connectivity index (χ2n) is 4.08. The Balaban J connectivity index is 1.97. The van der Waals surface area contributed by atoms with Crippen molar-refractivity contribution in [1.82, 2.24) is 25.2 Å². The summed E-state index contributed by atoms with van der Waals surface area (Å²) < 4.78 is 26.9. The lowest BCUT2D eigenvalue weighted by molar-refractivity contribution is 0.574. The average Bonchev–Trinajstić information content (AvgIpc) is 3.07. The van der Waals surface area contributed by atoms with Crippen molar-refractivity contribution < 1.29 is 8.42 Å². The highest BCUT2D eigenvalue weighted by molar-refractivity contribution is 7.89. The number of nitrogens with zero attached hydrogens (tertiary/aromatic N) is 2. The largest absolute Gasteiger partial charge is 0.313 e. The topological polar surface area (TPSA) is 99.8 Å². The molecule has 7 nitrogen and oxygen atoms in total. The maximum atomic E-state index is 12.2. The molecule has 0 spiro atoms. The van der Waals surface area contributed by atoms with Crippen molar-refractivity contribution in [3.63, 3.8) is 0 Å². The van der Waals surface area contributed by atoms with Gasteiger partial charge in [-0.05, 0) is 6.54 Å². The SMILES string of the molecule is CCNCc1cn[nH]c1S(=O)(=O)NCCc1nccs1. The van der Waals surface area contributed by atoms with Gasteiger partial charge in [-0.25, -0.2) is 18.1 Å². The summed E-state index contributed by atoms with van der Waals surface area (Å²) in [5.41, 5.74) is 0.633. The fourth-order valence-electron chi connectivity index (χ4n) is 1.66. The molecule has 0 atom stereocenters. The summed E-state index contributed by atoms with van der Waals surface area (Å²) in [6.45, 7) is 3.51. The molecule has 0 saturated heterocycles. The van der Waals surface area contributed by atoms with Gasteiger partial charge in [-0.3, -0.25) is 5.10 Å². The predicted molar refractivity (Wildman–Crippen MR) is 77.0 cm³/mol. The number of aromatic amines is 1. The molecule has 0 aromatic carbocycles. The van der Waals surface area contributed by atoms with Gasteiger partial charge >= 0.3 is 0 Å². The summed E-state index contributed by atoms with van der Waals surface area (Å²) in [6.07, 6.45) is 3.81. The number of H-pyrrole nitrogens is 1. The minimum atomic E-state index is -3.56. The highest BCUT2D eigenvalue weighted by Gasteiger charge is 2.20. The van der Waals surface area contributed by atoms with Gasteiger partial charge in [0.2, 0.25) is 0 Å². The molecule has 2 heterocycles. The lowest BCUT2D eigenvalue weighted by atomic mass is 10.3. The number of hydrogen-bond acceptors (Lipinski definition) is 6. The third-order valence-electron chi connectivity index (χ3n) is 2.63. The third kappa shape index (κ3) is 3.85. The molecule has 3 N–H and O–H groups in total. The van der Waals surface area contributed by atoms with Crippen LogP contribution in [0.5, 0.6) is 0 Å². The molecule has 0 saturated carbocycles. The van der Waals surface area contributed by atoms with Crippen LogP contribution in [-0.2, 0) is 23.0 Å². The number of hydrogen-bond donors (Lipinski definition) is 3. The van der Waals surface area contributed by atoms with Crippen molar-refractivity contribution in [1.29, 1.82) is 0 Å². The van der Waals surface area contributed by atoms with E-state index < -0.39 is 10.0 Å². The number of thiazole rings is 1. The van der Waals surface area contributed by atoms with Crippen molar-refractivity contribution in [2.75, 3.05) is 13.1 Å². The van der Waals surface area contributed by atoms with E-state index in [4.69, 9.17) is 0 Å². The van der Waals surface area contributed by atoms with E-state index in [-0.39, 0.29) is 5.03 Å². The van der Waals surface area contributed by atoms with Crippen LogP contribution in [0.1, 0.15) is 17.5 Å². The van der Waals surface area contributed by atoms with Gasteiger partial charge in [-0.1, -0.05) is 6.92 Å². The molecule has 0 amide bonds. The maximum Gasteiger partial charge on any atom is 0.257 e. The standard InChI is InChI=1S/C11H17N5O2S2/c1-2-12-7-9-8-14-16-11(9)20(17,18)15-4-3-10-13-5-6-19-10/h5-6,8,12,15H,2-4,7H2,1H3,(H,14,16). The molecule has 9 heteroatoms. The summed E-state index contributed by atoms with van der Waals surface area (Å²) >= 11 is 1.51. The lowest BCUT2D eigenvalue weighted by Gasteiger charge is -2.06. The third-order valence-corrected chi connectivity index (χ3v) is 4.94. The van der Waals surface area contributed by atoms with E-state index in [9.17, 15) is 8.42 Å². The number of rotatable bonds is 8. The van der Waals surface area contributed by atoms with Crippen LogP contribution in [0.4, 0.5) is 0 Å². The van der Waals surface area contributed by atoms with E-state index in [0.29, 0.717) is 25.1 Å². The molecule has 0 aliphatic heterocycles. The zero-order valence-electron chi connectivity index (χ0n) is 11.1. The summed E-state index contributed by atoms with van der Waals surface area (Å²) in [7, 11) is -3.56. The highest BCUT2D eigenvalue weighted by Crippen LogP contribution is 2.11. The molecular weight excluding hydrogens is 298 g/mol. The first kappa shape index (κ1) is 15.1. The first-order chi connectivity index (χ1) is 9.63. The van der Waals surface area contributed by atoms with Gasteiger partial charge in [0.1, 0.15) is 0 Å². The van der Waals surface area contributed by atoms with Gasteiger partial charge in [-0.15, -0.1) is 11.3 Å². The van der Waals surface area contributed by atoms with Crippen molar-refractivity contribution in [3.8, 4) is 0 Å². The molecule has 110 valence electrons. The molecule has 2 aromatic rings. The number of sulfonamides is 1. The van der Waals surface area contributed by atoms with Crippen molar-refractivity contribution in [2.24, 2.45) is 0 Å². The molecular formula is C11H17N5O2S2. The average molecular weight is 315 g/mol. The van der Waals surface area contributed by atoms with Crippen LogP contribution in [0.15, 0.2) is 22.8 Å². The minimum absolute atomic E-state index is 0.123. The van der Waals surface area contributed by atoms with Gasteiger partial charge in [-0.2, -0.15) is 5.10 Å². The first-order valence-corrected chi connectivity index (χ1v) is 8.60. The number of aromatic nitrogens is 3. The normalized spacial score (nSPS) is 11.8. The molecule has 0 bridgehead atoms. The first-order valence-electron chi connectivity index (χ1n) is 6.24. The molecule has 2 rings (SSSR count). The van der Waals surface area contributed by atoms with Crippen LogP contribution in [0, 0.1) is 0 Å². The van der Waals surface area contributed by atoms with Gasteiger partial charge in [0.05, 0.1) is 11.2 Å². The van der Waals surface area contributed by atoms with E-state index >= 15 is 0 Å². The smallest absolute Gasteiger partial charge is 0.257 e. The second kappa shape index (κ2) is 6.93. The Morgan fingerprint density at radius 1 is 1.45 bits per heavy atom. The molecule has 0 radical (unpaired) electrons. The highest BCUT2D eigenvalue weighted by atomic mass is 32.2. The lowest BCUT2D eigenvalue weighted by Crippen LogP contribution is -2.27. The fraction of sp³-hybridized carbons (Fsp3) is 0.455. The van der Waals surface area contributed by atoms with Crippen molar-refractivity contribution in [2.45, 2.75) is 24.9 Å². The monoisotopic (exact) mass is 315 g/mol. The molecule has 2 aromatic heterocycles. The predicted octanol–water partition coefficient (Wildman–Crippen LogP) is 0.497. The Morgan fingerprint density at radius 3 is 3.00 bits per heavy atom. The molecule has 20 heavy (non-hydrogen) atoms. The van der Waals surface area contributed by atoms with Crippen LogP contribution in [0.2, 0.25) is 0 Å². The molecule has 0 fully saturated rings. The van der Waals surface area contributed by atoms with Gasteiger partial charge < -0.3 is 5.32 Å². The van der Waals surface area contributed by atoms with E-state index in [2.05, 4.69) is 25.2 Å². The van der Waals surface area contributed by atoms with E-state index in [1.165, 1.54) is 17.5 Å². The quantitative estimate of drug-likeness (QED) is 0.658. The Kier molecular flexibility index (Phi) is 5.24. The Morgan fingerprint density at radius 2 is 2.30 bits per heavy atom. The summed E-state index contributed by atoms with van der Waals surface area (Å²) in [5.74, 6) is 0. The zero-order valence-corrected chi connectivity index (χ0v) is 12.7. The second-order valence-corrected chi connectivity index (χ2v) is 6.76. The molecule has 0 aliphatic rings. The zero-order chi connectivity index (χ0) is 14.4. The van der Waals surface area contributed by atoms with Gasteiger partial charge in [0.25, 0.3) is 10.0 Å². The Labute approximate surface area is 121 Å².